The van der Waals surface area contributed by atoms with Crippen molar-refractivity contribution in [2.45, 2.75) is 45.9 Å². The molecule has 0 bridgehead atoms. The number of thiocarbonyl (C=S) groups is 1. The van der Waals surface area contributed by atoms with Gasteiger partial charge in [-0.2, -0.15) is 0 Å². The molecule has 0 saturated carbocycles. The molecule has 0 unspecified atom stereocenters. The van der Waals surface area contributed by atoms with Crippen molar-refractivity contribution < 1.29 is 4.74 Å². The minimum atomic E-state index is -0.0624. The zero-order valence-corrected chi connectivity index (χ0v) is 19.0. The summed E-state index contributed by atoms with van der Waals surface area (Å²) in [5.74, 6) is 0. The van der Waals surface area contributed by atoms with Crippen LogP contribution in [0.5, 0.6) is 0 Å². The molecule has 1 aliphatic heterocycles. The van der Waals surface area contributed by atoms with Crippen molar-refractivity contribution in [2.24, 2.45) is 0 Å². The minimum absolute atomic E-state index is 0.0624. The molecular formula is C23H27N3O2S2. The van der Waals surface area contributed by atoms with E-state index in [2.05, 4.69) is 45.7 Å². The van der Waals surface area contributed by atoms with Gasteiger partial charge in [0, 0.05) is 23.6 Å². The highest BCUT2D eigenvalue weighted by Crippen LogP contribution is 2.20. The predicted molar refractivity (Wildman–Crippen MR) is 127 cm³/mol. The number of aryl methyl sites for hydroxylation is 2. The van der Waals surface area contributed by atoms with Crippen LogP contribution >= 0.6 is 23.6 Å². The standard InChI is InChI=1S/C23H27N3O2S2/c1-15-9-16(2)21-17(10-15)11-18(22(27)25-21)13-26(14-20-6-4-8-30-20)23(29)24-12-19-5-3-7-28-19/h4,6,8-11,19H,3,5,7,12-14H2,1-2H3,(H,24,29)(H,25,27)/t19-/m1/s1. The van der Waals surface area contributed by atoms with Crippen LogP contribution in [0, 0.1) is 13.8 Å². The number of hydrogen-bond donors (Lipinski definition) is 2. The lowest BCUT2D eigenvalue weighted by atomic mass is 10.1. The molecule has 1 aromatic carbocycles. The summed E-state index contributed by atoms with van der Waals surface area (Å²) in [6.07, 6.45) is 2.37. The Morgan fingerprint density at radius 3 is 2.93 bits per heavy atom. The molecular weight excluding hydrogens is 414 g/mol. The van der Waals surface area contributed by atoms with E-state index < -0.39 is 0 Å². The molecule has 7 heteroatoms. The van der Waals surface area contributed by atoms with Gasteiger partial charge in [0.15, 0.2) is 5.11 Å². The summed E-state index contributed by atoms with van der Waals surface area (Å²) in [5, 5.41) is 7.12. The van der Waals surface area contributed by atoms with Gasteiger partial charge in [-0.1, -0.05) is 17.7 Å². The van der Waals surface area contributed by atoms with Crippen molar-refractivity contribution in [1.82, 2.24) is 15.2 Å². The number of benzene rings is 1. The molecule has 2 aromatic heterocycles. The summed E-state index contributed by atoms with van der Waals surface area (Å²) in [6, 6.07) is 10.3. The van der Waals surface area contributed by atoms with Gasteiger partial charge in [-0.15, -0.1) is 11.3 Å². The molecule has 1 saturated heterocycles. The average molecular weight is 442 g/mol. The summed E-state index contributed by atoms with van der Waals surface area (Å²) in [7, 11) is 0. The molecule has 1 fully saturated rings. The Morgan fingerprint density at radius 1 is 1.33 bits per heavy atom. The number of H-pyrrole nitrogens is 1. The first-order valence-electron chi connectivity index (χ1n) is 10.3. The van der Waals surface area contributed by atoms with Crippen LogP contribution in [0.3, 0.4) is 0 Å². The maximum Gasteiger partial charge on any atom is 0.253 e. The summed E-state index contributed by atoms with van der Waals surface area (Å²) in [4.78, 5) is 19.2. The van der Waals surface area contributed by atoms with Crippen LogP contribution in [0.4, 0.5) is 0 Å². The van der Waals surface area contributed by atoms with Crippen molar-refractivity contribution in [3.8, 4) is 0 Å². The number of nitrogens with one attached hydrogen (secondary N) is 2. The molecule has 0 aliphatic carbocycles. The quantitative estimate of drug-likeness (QED) is 0.560. The van der Waals surface area contributed by atoms with Crippen LogP contribution < -0.4 is 10.9 Å². The lowest BCUT2D eigenvalue weighted by Gasteiger charge is -2.26. The van der Waals surface area contributed by atoms with Gasteiger partial charge in [0.25, 0.3) is 5.56 Å². The highest BCUT2D eigenvalue weighted by Gasteiger charge is 2.19. The van der Waals surface area contributed by atoms with E-state index in [1.54, 1.807) is 11.3 Å². The molecule has 158 valence electrons. The summed E-state index contributed by atoms with van der Waals surface area (Å²) in [6.45, 7) is 6.74. The Balaban J connectivity index is 1.58. The molecule has 30 heavy (non-hydrogen) atoms. The lowest BCUT2D eigenvalue weighted by molar-refractivity contribution is 0.113. The van der Waals surface area contributed by atoms with Gasteiger partial charge in [-0.25, -0.2) is 0 Å². The van der Waals surface area contributed by atoms with Crippen molar-refractivity contribution in [3.05, 3.63) is 67.6 Å². The fourth-order valence-corrected chi connectivity index (χ4v) is 4.90. The van der Waals surface area contributed by atoms with Crippen molar-refractivity contribution in [2.75, 3.05) is 13.2 Å². The summed E-state index contributed by atoms with van der Waals surface area (Å²) >= 11 is 7.41. The molecule has 3 heterocycles. The topological polar surface area (TPSA) is 57.4 Å². The van der Waals surface area contributed by atoms with E-state index in [0.29, 0.717) is 30.3 Å². The number of aromatic nitrogens is 1. The molecule has 4 rings (SSSR count). The van der Waals surface area contributed by atoms with Crippen LogP contribution in [0.15, 0.2) is 40.5 Å². The Labute approximate surface area is 186 Å². The fraction of sp³-hybridized carbons (Fsp3) is 0.391. The van der Waals surface area contributed by atoms with Crippen LogP contribution in [-0.4, -0.2) is 34.3 Å². The molecule has 0 amide bonds. The predicted octanol–water partition coefficient (Wildman–Crippen LogP) is 4.26. The number of nitrogens with zero attached hydrogens (tertiary/aromatic N) is 1. The number of rotatable bonds is 6. The number of hydrogen-bond acceptors (Lipinski definition) is 4. The van der Waals surface area contributed by atoms with Crippen molar-refractivity contribution in [1.29, 1.82) is 0 Å². The zero-order chi connectivity index (χ0) is 21.1. The highest BCUT2D eigenvalue weighted by atomic mass is 32.1. The Morgan fingerprint density at radius 2 is 2.20 bits per heavy atom. The Kier molecular flexibility index (Phi) is 6.51. The van der Waals surface area contributed by atoms with Gasteiger partial charge in [0.05, 0.1) is 24.7 Å². The van der Waals surface area contributed by atoms with E-state index in [-0.39, 0.29) is 11.7 Å². The maximum atomic E-state index is 12.8. The van der Waals surface area contributed by atoms with Gasteiger partial charge in [-0.05, 0) is 73.4 Å². The van der Waals surface area contributed by atoms with Crippen LogP contribution in [0.25, 0.3) is 10.9 Å². The number of aromatic amines is 1. The van der Waals surface area contributed by atoms with Crippen molar-refractivity contribution in [3.63, 3.8) is 0 Å². The second-order valence-electron chi connectivity index (χ2n) is 7.93. The highest BCUT2D eigenvalue weighted by molar-refractivity contribution is 7.80. The Hall–Kier alpha value is -2.22. The summed E-state index contributed by atoms with van der Waals surface area (Å²) < 4.78 is 5.70. The largest absolute Gasteiger partial charge is 0.376 e. The smallest absolute Gasteiger partial charge is 0.253 e. The minimum Gasteiger partial charge on any atom is -0.376 e. The first-order chi connectivity index (χ1) is 14.5. The first-order valence-corrected chi connectivity index (χ1v) is 11.6. The van der Waals surface area contributed by atoms with Gasteiger partial charge < -0.3 is 19.9 Å². The third-order valence-corrected chi connectivity index (χ3v) is 6.71. The lowest BCUT2D eigenvalue weighted by Crippen LogP contribution is -2.42. The van der Waals surface area contributed by atoms with E-state index in [1.807, 2.05) is 19.1 Å². The first kappa shape index (κ1) is 21.0. The number of ether oxygens (including phenoxy) is 1. The van der Waals surface area contributed by atoms with E-state index in [9.17, 15) is 4.79 Å². The third-order valence-electron chi connectivity index (χ3n) is 5.45. The molecule has 2 N–H and O–H groups in total. The molecule has 0 radical (unpaired) electrons. The van der Waals surface area contributed by atoms with Gasteiger partial charge in [0.1, 0.15) is 0 Å². The average Bonchev–Trinajstić information content (AvgIpc) is 3.41. The molecule has 0 spiro atoms. The third kappa shape index (κ3) is 4.91. The van der Waals surface area contributed by atoms with Crippen LogP contribution in [0.2, 0.25) is 0 Å². The van der Waals surface area contributed by atoms with E-state index >= 15 is 0 Å². The number of pyridine rings is 1. The molecule has 3 aromatic rings. The zero-order valence-electron chi connectivity index (χ0n) is 17.4. The van der Waals surface area contributed by atoms with Crippen molar-refractivity contribution >= 4 is 39.6 Å². The van der Waals surface area contributed by atoms with E-state index in [0.717, 1.165) is 35.9 Å². The normalized spacial score (nSPS) is 16.1. The number of fused-ring (bicyclic) bond motifs is 1. The Bertz CT molecular complexity index is 1090. The maximum absolute atomic E-state index is 12.8. The van der Waals surface area contributed by atoms with Gasteiger partial charge >= 0.3 is 0 Å². The fourth-order valence-electron chi connectivity index (χ4n) is 3.96. The van der Waals surface area contributed by atoms with Crippen LogP contribution in [0.1, 0.15) is 34.4 Å². The van der Waals surface area contributed by atoms with Gasteiger partial charge in [-0.3, -0.25) is 4.79 Å². The van der Waals surface area contributed by atoms with Crippen LogP contribution in [-0.2, 0) is 17.8 Å². The summed E-state index contributed by atoms with van der Waals surface area (Å²) in [5.41, 5.74) is 3.82. The number of thiophene rings is 1. The molecule has 1 aliphatic rings. The molecule has 5 nitrogen and oxygen atoms in total. The second kappa shape index (κ2) is 9.29. The van der Waals surface area contributed by atoms with Gasteiger partial charge in [0.2, 0.25) is 0 Å². The monoisotopic (exact) mass is 441 g/mol. The van der Waals surface area contributed by atoms with E-state index in [1.165, 1.54) is 10.4 Å². The second-order valence-corrected chi connectivity index (χ2v) is 9.35. The van der Waals surface area contributed by atoms with E-state index in [4.69, 9.17) is 17.0 Å². The molecule has 1 atom stereocenters. The SMILES string of the molecule is Cc1cc(C)c2[nH]c(=O)c(CN(Cc3cccs3)C(=S)NC[C@H]3CCCO3)cc2c1.